The molecule has 2 amide bonds. The van der Waals surface area contributed by atoms with Crippen molar-refractivity contribution in [2.24, 2.45) is 0 Å². The minimum atomic E-state index is -0.312. The number of halogens is 1. The summed E-state index contributed by atoms with van der Waals surface area (Å²) in [6.07, 6.45) is 3.94. The predicted molar refractivity (Wildman–Crippen MR) is 105 cm³/mol. The molecule has 0 aliphatic carbocycles. The minimum absolute atomic E-state index is 0.312. The van der Waals surface area contributed by atoms with E-state index in [4.69, 9.17) is 11.6 Å². The van der Waals surface area contributed by atoms with Gasteiger partial charge < -0.3 is 15.0 Å². The van der Waals surface area contributed by atoms with Crippen LogP contribution in [0.2, 0.25) is 5.02 Å². The van der Waals surface area contributed by atoms with Gasteiger partial charge in [0.2, 0.25) is 0 Å². The summed E-state index contributed by atoms with van der Waals surface area (Å²) in [5.74, 6) is 0. The van der Waals surface area contributed by atoms with Gasteiger partial charge in [-0.2, -0.15) is 0 Å². The number of carbonyl (C=O) groups is 1. The zero-order valence-electron chi connectivity index (χ0n) is 13.7. The molecule has 4 rings (SSSR count). The van der Waals surface area contributed by atoms with Crippen molar-refractivity contribution in [3.63, 3.8) is 0 Å². The monoisotopic (exact) mass is 362 g/mol. The smallest absolute Gasteiger partial charge is 0.308 e. The summed E-state index contributed by atoms with van der Waals surface area (Å²) in [6.45, 7) is 0. The van der Waals surface area contributed by atoms with Crippen molar-refractivity contribution in [2.45, 2.75) is 0 Å². The Morgan fingerprint density at radius 2 is 1.54 bits per heavy atom. The quantitative estimate of drug-likeness (QED) is 0.519. The van der Waals surface area contributed by atoms with Gasteiger partial charge in [-0.1, -0.05) is 29.8 Å². The fourth-order valence-corrected chi connectivity index (χ4v) is 2.75. The molecular formula is C20H15ClN4O. The van der Waals surface area contributed by atoms with Crippen LogP contribution in [-0.2, 0) is 0 Å². The summed E-state index contributed by atoms with van der Waals surface area (Å²) >= 11 is 5.83. The molecule has 2 heterocycles. The Morgan fingerprint density at radius 3 is 2.19 bits per heavy atom. The second kappa shape index (κ2) is 6.90. The van der Waals surface area contributed by atoms with Crippen LogP contribution in [0, 0.1) is 0 Å². The zero-order valence-corrected chi connectivity index (χ0v) is 14.4. The van der Waals surface area contributed by atoms with Crippen LogP contribution >= 0.6 is 11.6 Å². The first-order valence-corrected chi connectivity index (χ1v) is 8.43. The molecular weight excluding hydrogens is 348 g/mol. The van der Waals surface area contributed by atoms with Gasteiger partial charge in [-0.25, -0.2) is 9.78 Å². The molecule has 0 saturated heterocycles. The third-order valence-electron chi connectivity index (χ3n) is 3.90. The van der Waals surface area contributed by atoms with Crippen molar-refractivity contribution in [2.75, 3.05) is 10.6 Å². The number of carbonyl (C=O) groups excluding carboxylic acids is 1. The van der Waals surface area contributed by atoms with Crippen LogP contribution in [0.5, 0.6) is 0 Å². The first-order valence-electron chi connectivity index (χ1n) is 8.05. The molecule has 4 aromatic rings. The summed E-state index contributed by atoms with van der Waals surface area (Å²) < 4.78 is 1.97. The van der Waals surface area contributed by atoms with E-state index in [-0.39, 0.29) is 6.03 Å². The van der Waals surface area contributed by atoms with Crippen LogP contribution < -0.4 is 10.6 Å². The predicted octanol–water partition coefficient (Wildman–Crippen LogP) is 5.30. The summed E-state index contributed by atoms with van der Waals surface area (Å²) in [5, 5.41) is 6.18. The van der Waals surface area contributed by atoms with Crippen molar-refractivity contribution < 1.29 is 4.79 Å². The highest BCUT2D eigenvalue weighted by molar-refractivity contribution is 6.30. The Kier molecular flexibility index (Phi) is 4.29. The van der Waals surface area contributed by atoms with E-state index >= 15 is 0 Å². The van der Waals surface area contributed by atoms with Crippen LogP contribution in [0.25, 0.3) is 16.9 Å². The number of pyridine rings is 1. The molecule has 0 unspecified atom stereocenters. The number of fused-ring (bicyclic) bond motifs is 1. The molecule has 2 aromatic carbocycles. The number of imidazole rings is 1. The van der Waals surface area contributed by atoms with Gasteiger partial charge in [-0.05, 0) is 48.5 Å². The fraction of sp³-hybridized carbons (Fsp3) is 0. The molecule has 5 nitrogen and oxygen atoms in total. The van der Waals surface area contributed by atoms with Gasteiger partial charge >= 0.3 is 6.03 Å². The first kappa shape index (κ1) is 16.2. The maximum Gasteiger partial charge on any atom is 0.323 e. The van der Waals surface area contributed by atoms with Crippen LogP contribution in [-0.4, -0.2) is 15.4 Å². The summed E-state index contributed by atoms with van der Waals surface area (Å²) in [7, 11) is 0. The van der Waals surface area contributed by atoms with Crippen molar-refractivity contribution in [3.05, 3.63) is 84.1 Å². The van der Waals surface area contributed by atoms with Gasteiger partial charge in [0.1, 0.15) is 5.65 Å². The highest BCUT2D eigenvalue weighted by Gasteiger charge is 2.06. The Bertz CT molecular complexity index is 1020. The summed E-state index contributed by atoms with van der Waals surface area (Å²) in [4.78, 5) is 16.7. The standard InChI is InChI=1S/C20H15ClN4O/c21-15-6-10-17(11-7-15)23-20(26)22-16-8-4-14(5-9-16)18-13-25-12-2-1-3-19(25)24-18/h1-13H,(H2,22,23,26). The molecule has 0 atom stereocenters. The fourth-order valence-electron chi connectivity index (χ4n) is 2.62. The number of hydrogen-bond donors (Lipinski definition) is 2. The van der Waals surface area contributed by atoms with Gasteiger partial charge in [-0.15, -0.1) is 0 Å². The number of urea groups is 1. The molecule has 0 bridgehead atoms. The van der Waals surface area contributed by atoms with Crippen LogP contribution in [0.3, 0.4) is 0 Å². The molecule has 0 radical (unpaired) electrons. The average Bonchev–Trinajstić information content (AvgIpc) is 3.08. The number of rotatable bonds is 3. The lowest BCUT2D eigenvalue weighted by Crippen LogP contribution is -2.19. The third kappa shape index (κ3) is 3.53. The molecule has 0 aliphatic rings. The summed E-state index contributed by atoms with van der Waals surface area (Å²) in [6, 6.07) is 20.1. The third-order valence-corrected chi connectivity index (χ3v) is 4.16. The molecule has 0 fully saturated rings. The van der Waals surface area contributed by atoms with E-state index in [1.54, 1.807) is 24.3 Å². The second-order valence-corrected chi connectivity index (χ2v) is 6.19. The van der Waals surface area contributed by atoms with Crippen molar-refractivity contribution in [1.82, 2.24) is 9.38 Å². The average molecular weight is 363 g/mol. The number of benzene rings is 2. The second-order valence-electron chi connectivity index (χ2n) is 5.76. The van der Waals surface area contributed by atoms with Crippen LogP contribution in [0.4, 0.5) is 16.2 Å². The highest BCUT2D eigenvalue weighted by atomic mass is 35.5. The Balaban J connectivity index is 1.45. The van der Waals surface area contributed by atoms with E-state index < -0.39 is 0 Å². The Hall–Kier alpha value is -3.31. The molecule has 128 valence electrons. The van der Waals surface area contributed by atoms with Gasteiger partial charge in [0, 0.05) is 34.4 Å². The summed E-state index contributed by atoms with van der Waals surface area (Å²) in [5.41, 5.74) is 4.13. The highest BCUT2D eigenvalue weighted by Crippen LogP contribution is 2.21. The lowest BCUT2D eigenvalue weighted by molar-refractivity contribution is 0.262. The zero-order chi connectivity index (χ0) is 17.9. The van der Waals surface area contributed by atoms with E-state index in [1.165, 1.54) is 0 Å². The minimum Gasteiger partial charge on any atom is -0.308 e. The van der Waals surface area contributed by atoms with E-state index in [2.05, 4.69) is 15.6 Å². The molecule has 6 heteroatoms. The maximum absolute atomic E-state index is 12.1. The van der Waals surface area contributed by atoms with E-state index in [0.29, 0.717) is 16.4 Å². The molecule has 2 aromatic heterocycles. The van der Waals surface area contributed by atoms with Crippen molar-refractivity contribution in [1.29, 1.82) is 0 Å². The van der Waals surface area contributed by atoms with E-state index in [1.807, 2.05) is 59.3 Å². The van der Waals surface area contributed by atoms with Crippen LogP contribution in [0.15, 0.2) is 79.1 Å². The lowest BCUT2D eigenvalue weighted by atomic mass is 10.1. The van der Waals surface area contributed by atoms with E-state index in [9.17, 15) is 4.79 Å². The molecule has 26 heavy (non-hydrogen) atoms. The van der Waals surface area contributed by atoms with Gasteiger partial charge in [0.25, 0.3) is 0 Å². The molecule has 0 aliphatic heterocycles. The topological polar surface area (TPSA) is 58.4 Å². The largest absolute Gasteiger partial charge is 0.323 e. The van der Waals surface area contributed by atoms with E-state index in [0.717, 1.165) is 16.9 Å². The number of nitrogens with zero attached hydrogens (tertiary/aromatic N) is 2. The van der Waals surface area contributed by atoms with Crippen LogP contribution in [0.1, 0.15) is 0 Å². The maximum atomic E-state index is 12.1. The van der Waals surface area contributed by atoms with Gasteiger partial charge in [0.05, 0.1) is 5.69 Å². The van der Waals surface area contributed by atoms with Crippen molar-refractivity contribution >= 4 is 34.7 Å². The molecule has 0 saturated carbocycles. The van der Waals surface area contributed by atoms with Gasteiger partial charge in [-0.3, -0.25) is 0 Å². The normalized spacial score (nSPS) is 10.7. The SMILES string of the molecule is O=C(Nc1ccc(Cl)cc1)Nc1ccc(-c2cn3ccccc3n2)cc1. The number of anilines is 2. The Morgan fingerprint density at radius 1 is 0.885 bits per heavy atom. The number of aromatic nitrogens is 2. The number of hydrogen-bond acceptors (Lipinski definition) is 2. The molecule has 0 spiro atoms. The number of nitrogens with one attached hydrogen (secondary N) is 2. The molecule has 2 N–H and O–H groups in total. The van der Waals surface area contributed by atoms with Crippen molar-refractivity contribution in [3.8, 4) is 11.3 Å². The van der Waals surface area contributed by atoms with Gasteiger partial charge in [0.15, 0.2) is 0 Å². The Labute approximate surface area is 155 Å². The first-order chi connectivity index (χ1) is 12.7. The lowest BCUT2D eigenvalue weighted by Gasteiger charge is -2.08. The number of amides is 2.